The average molecular weight is 375 g/mol. The molecule has 2 unspecified atom stereocenters. The summed E-state index contributed by atoms with van der Waals surface area (Å²) in [4.78, 5) is 15.9. The zero-order valence-electron chi connectivity index (χ0n) is 15.8. The Balaban J connectivity index is 1.51. The van der Waals surface area contributed by atoms with Crippen LogP contribution in [0, 0.1) is 5.92 Å². The highest BCUT2D eigenvalue weighted by atomic mass is 16.5. The van der Waals surface area contributed by atoms with E-state index in [0.717, 1.165) is 42.3 Å². The smallest absolute Gasteiger partial charge is 0.338 e. The molecule has 5 nitrogen and oxygen atoms in total. The molecule has 144 valence electrons. The molecule has 0 spiro atoms. The molecule has 0 bridgehead atoms. The first-order valence-electron chi connectivity index (χ1n) is 9.78. The maximum atomic E-state index is 11.1. The Labute approximate surface area is 164 Å². The summed E-state index contributed by atoms with van der Waals surface area (Å²) in [5, 5.41) is 11.4. The molecular formula is C23H25N3O2. The van der Waals surface area contributed by atoms with Crippen LogP contribution >= 0.6 is 0 Å². The molecule has 1 heterocycles. The van der Waals surface area contributed by atoms with Crippen molar-refractivity contribution in [1.29, 1.82) is 0 Å². The van der Waals surface area contributed by atoms with Gasteiger partial charge in [0, 0.05) is 17.5 Å². The van der Waals surface area contributed by atoms with Gasteiger partial charge >= 0.3 is 6.03 Å². The number of rotatable bonds is 5. The number of hydroxylamine groups is 2. The fourth-order valence-corrected chi connectivity index (χ4v) is 4.35. The van der Waals surface area contributed by atoms with Crippen LogP contribution in [0.3, 0.4) is 0 Å². The van der Waals surface area contributed by atoms with E-state index in [1.54, 1.807) is 0 Å². The predicted octanol–water partition coefficient (Wildman–Crippen LogP) is 4.48. The lowest BCUT2D eigenvalue weighted by Crippen LogP contribution is -2.35. The number of benzene rings is 2. The number of para-hydroxylation sites is 1. The van der Waals surface area contributed by atoms with Gasteiger partial charge in [0.1, 0.15) is 0 Å². The summed E-state index contributed by atoms with van der Waals surface area (Å²) in [6.07, 6.45) is 3.79. The third kappa shape index (κ3) is 3.99. The van der Waals surface area contributed by atoms with Gasteiger partial charge in [-0.3, -0.25) is 10.2 Å². The minimum absolute atomic E-state index is 0.273. The van der Waals surface area contributed by atoms with E-state index < -0.39 is 6.03 Å². The third-order valence-electron chi connectivity index (χ3n) is 5.75. The molecule has 5 heteroatoms. The molecule has 0 aliphatic heterocycles. The average Bonchev–Trinajstić information content (AvgIpc) is 3.16. The van der Waals surface area contributed by atoms with Gasteiger partial charge in [0.25, 0.3) is 0 Å². The van der Waals surface area contributed by atoms with E-state index in [0.29, 0.717) is 17.5 Å². The molecule has 2 atom stereocenters. The molecule has 1 aromatic heterocycles. The van der Waals surface area contributed by atoms with Gasteiger partial charge in [-0.2, -0.15) is 0 Å². The fourth-order valence-electron chi connectivity index (χ4n) is 4.35. The van der Waals surface area contributed by atoms with E-state index in [-0.39, 0.29) is 5.92 Å². The van der Waals surface area contributed by atoms with Gasteiger partial charge < -0.3 is 5.73 Å². The second kappa shape index (κ2) is 7.98. The van der Waals surface area contributed by atoms with E-state index in [9.17, 15) is 10.0 Å². The van der Waals surface area contributed by atoms with Crippen LogP contribution in [0.2, 0.25) is 0 Å². The molecule has 3 N–H and O–H groups in total. The Kier molecular flexibility index (Phi) is 5.26. The topological polar surface area (TPSA) is 79.5 Å². The minimum Gasteiger partial charge on any atom is -0.350 e. The van der Waals surface area contributed by atoms with Crippen LogP contribution in [0.4, 0.5) is 4.79 Å². The maximum Gasteiger partial charge on any atom is 0.338 e. The Hall–Kier alpha value is -2.92. The first-order chi connectivity index (χ1) is 13.6. The maximum absolute atomic E-state index is 11.1. The van der Waals surface area contributed by atoms with Crippen LogP contribution in [0.1, 0.15) is 42.0 Å². The molecule has 0 radical (unpaired) electrons. The van der Waals surface area contributed by atoms with E-state index >= 15 is 0 Å². The molecule has 0 saturated heterocycles. The summed E-state index contributed by atoms with van der Waals surface area (Å²) in [6, 6.07) is 20.2. The van der Waals surface area contributed by atoms with Crippen LogP contribution < -0.4 is 5.73 Å². The first-order valence-corrected chi connectivity index (χ1v) is 9.78. The van der Waals surface area contributed by atoms with Crippen molar-refractivity contribution in [2.45, 2.75) is 31.6 Å². The second-order valence-corrected chi connectivity index (χ2v) is 7.67. The monoisotopic (exact) mass is 375 g/mol. The highest BCUT2D eigenvalue weighted by Crippen LogP contribution is 2.40. The van der Waals surface area contributed by atoms with E-state index in [1.807, 2.05) is 18.2 Å². The Morgan fingerprint density at radius 1 is 1.07 bits per heavy atom. The van der Waals surface area contributed by atoms with Crippen molar-refractivity contribution in [3.8, 4) is 0 Å². The normalized spacial score (nSPS) is 19.0. The van der Waals surface area contributed by atoms with Crippen molar-refractivity contribution < 1.29 is 10.0 Å². The predicted molar refractivity (Wildman–Crippen MR) is 109 cm³/mol. The molecule has 28 heavy (non-hydrogen) atoms. The number of aromatic nitrogens is 1. The number of hydrogen-bond acceptors (Lipinski definition) is 3. The molecule has 2 amide bonds. The summed E-state index contributed by atoms with van der Waals surface area (Å²) in [5.41, 5.74) is 9.87. The zero-order chi connectivity index (χ0) is 19.5. The van der Waals surface area contributed by atoms with E-state index in [1.165, 1.54) is 11.1 Å². The highest BCUT2D eigenvalue weighted by Gasteiger charge is 2.29. The van der Waals surface area contributed by atoms with Crippen molar-refractivity contribution in [2.24, 2.45) is 11.7 Å². The van der Waals surface area contributed by atoms with Crippen molar-refractivity contribution in [2.75, 3.05) is 6.54 Å². The number of urea groups is 1. The van der Waals surface area contributed by atoms with Gasteiger partial charge in [-0.25, -0.2) is 9.86 Å². The first kappa shape index (κ1) is 18.4. The summed E-state index contributed by atoms with van der Waals surface area (Å²) >= 11 is 0. The molecule has 3 aromatic rings. The summed E-state index contributed by atoms with van der Waals surface area (Å²) in [7, 11) is 0. The van der Waals surface area contributed by atoms with Crippen LogP contribution in [-0.2, 0) is 6.42 Å². The minimum atomic E-state index is -0.786. The molecule has 1 aliphatic carbocycles. The lowest BCUT2D eigenvalue weighted by Gasteiger charge is -2.18. The third-order valence-corrected chi connectivity index (χ3v) is 5.75. The standard InChI is InChI=1S/C23H25N3O2/c24-23(27)26(28)15-16-9-10-19(13-16)21-7-3-1-6-18(21)14-20-12-11-17-5-2-4-8-22(17)25-20/h1-8,11-12,16,19,28H,9-10,13-15H2,(H2,24,27). The van der Waals surface area contributed by atoms with Crippen LogP contribution in [0.15, 0.2) is 60.7 Å². The Morgan fingerprint density at radius 3 is 2.71 bits per heavy atom. The highest BCUT2D eigenvalue weighted by molar-refractivity contribution is 5.78. The van der Waals surface area contributed by atoms with Crippen molar-refractivity contribution >= 4 is 16.9 Å². The van der Waals surface area contributed by atoms with Crippen LogP contribution in [-0.4, -0.2) is 27.8 Å². The van der Waals surface area contributed by atoms with Crippen LogP contribution in [0.5, 0.6) is 0 Å². The number of amides is 2. The zero-order valence-corrected chi connectivity index (χ0v) is 15.8. The molecule has 1 saturated carbocycles. The van der Waals surface area contributed by atoms with Gasteiger partial charge in [0.2, 0.25) is 0 Å². The number of nitrogens with two attached hydrogens (primary N) is 1. The van der Waals surface area contributed by atoms with Gasteiger partial charge in [-0.15, -0.1) is 0 Å². The molecule has 4 rings (SSSR count). The van der Waals surface area contributed by atoms with Crippen LogP contribution in [0.25, 0.3) is 10.9 Å². The molecule has 2 aromatic carbocycles. The quantitative estimate of drug-likeness (QED) is 0.510. The number of carbonyl (C=O) groups excluding carboxylic acids is 1. The van der Waals surface area contributed by atoms with E-state index in [2.05, 4.69) is 42.5 Å². The summed E-state index contributed by atoms with van der Waals surface area (Å²) < 4.78 is 0. The Bertz CT molecular complexity index is 988. The SMILES string of the molecule is NC(=O)N(O)CC1CCC(c2ccccc2Cc2ccc3ccccc3n2)C1. The number of fused-ring (bicyclic) bond motifs is 1. The number of nitrogens with zero attached hydrogens (tertiary/aromatic N) is 2. The van der Waals surface area contributed by atoms with Gasteiger partial charge in [-0.05, 0) is 54.4 Å². The van der Waals surface area contributed by atoms with Gasteiger partial charge in [0.05, 0.1) is 12.1 Å². The number of carbonyl (C=O) groups is 1. The molecule has 1 fully saturated rings. The number of primary amides is 1. The Morgan fingerprint density at radius 2 is 1.86 bits per heavy atom. The number of hydrogen-bond donors (Lipinski definition) is 2. The second-order valence-electron chi connectivity index (χ2n) is 7.67. The van der Waals surface area contributed by atoms with Gasteiger partial charge in [-0.1, -0.05) is 48.5 Å². The van der Waals surface area contributed by atoms with Crippen molar-refractivity contribution in [1.82, 2.24) is 10.0 Å². The van der Waals surface area contributed by atoms with E-state index in [4.69, 9.17) is 10.7 Å². The van der Waals surface area contributed by atoms with Gasteiger partial charge in [0.15, 0.2) is 0 Å². The largest absolute Gasteiger partial charge is 0.350 e. The van der Waals surface area contributed by atoms with Crippen molar-refractivity contribution in [3.63, 3.8) is 0 Å². The molecular weight excluding hydrogens is 350 g/mol. The lowest BCUT2D eigenvalue weighted by molar-refractivity contribution is -0.0500. The molecule has 1 aliphatic rings. The number of pyridine rings is 1. The lowest BCUT2D eigenvalue weighted by atomic mass is 9.90. The summed E-state index contributed by atoms with van der Waals surface area (Å²) in [5.74, 6) is 0.706. The van der Waals surface area contributed by atoms with Crippen molar-refractivity contribution in [3.05, 3.63) is 77.5 Å². The summed E-state index contributed by atoms with van der Waals surface area (Å²) in [6.45, 7) is 0.306. The fraction of sp³-hybridized carbons (Fsp3) is 0.304.